The Morgan fingerprint density at radius 1 is 1.67 bits per heavy atom. The van der Waals surface area contributed by atoms with Gasteiger partial charge in [0.2, 0.25) is 5.91 Å². The minimum Gasteiger partial charge on any atom is -0.352 e. The Morgan fingerprint density at radius 3 is 2.67 bits per heavy atom. The molecule has 0 rings (SSSR count). The first kappa shape index (κ1) is 14.3. The maximum absolute atomic E-state index is 11.8. The van der Waals surface area contributed by atoms with E-state index in [1.165, 1.54) is 0 Å². The third-order valence-electron chi connectivity index (χ3n) is 2.59. The van der Waals surface area contributed by atoms with E-state index in [1.54, 1.807) is 18.7 Å². The highest BCUT2D eigenvalue weighted by Gasteiger charge is 2.31. The first-order valence-electron chi connectivity index (χ1n) is 5.21. The lowest BCUT2D eigenvalue weighted by Gasteiger charge is -2.22. The van der Waals surface area contributed by atoms with Crippen molar-refractivity contribution in [3.63, 3.8) is 0 Å². The largest absolute Gasteiger partial charge is 0.352 e. The molecular weight excluding hydrogens is 208 g/mol. The lowest BCUT2D eigenvalue weighted by molar-refractivity contribution is -0.128. The van der Waals surface area contributed by atoms with Crippen LogP contribution in [0.4, 0.5) is 0 Å². The van der Waals surface area contributed by atoms with Crippen molar-refractivity contribution in [2.75, 3.05) is 12.0 Å². The van der Waals surface area contributed by atoms with E-state index in [0.717, 1.165) is 12.2 Å². The van der Waals surface area contributed by atoms with E-state index < -0.39 is 5.41 Å². The van der Waals surface area contributed by atoms with Crippen LogP contribution < -0.4 is 5.32 Å². The third kappa shape index (κ3) is 4.57. The lowest BCUT2D eigenvalue weighted by atomic mass is 9.88. The number of nitrogens with zero attached hydrogens (tertiary/aromatic N) is 1. The zero-order valence-corrected chi connectivity index (χ0v) is 10.8. The molecule has 0 aromatic heterocycles. The van der Waals surface area contributed by atoms with Gasteiger partial charge < -0.3 is 5.32 Å². The van der Waals surface area contributed by atoms with Crippen molar-refractivity contribution < 1.29 is 4.79 Å². The Hall–Kier alpha value is -0.690. The lowest BCUT2D eigenvalue weighted by Crippen LogP contribution is -2.42. The molecule has 0 aliphatic carbocycles. The van der Waals surface area contributed by atoms with Crippen molar-refractivity contribution in [2.24, 2.45) is 5.41 Å². The maximum Gasteiger partial charge on any atom is 0.240 e. The quantitative estimate of drug-likeness (QED) is 0.758. The molecule has 86 valence electrons. The van der Waals surface area contributed by atoms with E-state index in [-0.39, 0.29) is 11.9 Å². The molecule has 0 saturated carbocycles. The van der Waals surface area contributed by atoms with Gasteiger partial charge in [0.1, 0.15) is 5.41 Å². The SMILES string of the molecule is CCC(C)(C#N)C(=O)NC(C)CCSC. The Balaban J connectivity index is 4.18. The van der Waals surface area contributed by atoms with E-state index in [4.69, 9.17) is 5.26 Å². The van der Waals surface area contributed by atoms with Crippen molar-refractivity contribution >= 4 is 17.7 Å². The minimum atomic E-state index is -0.881. The fourth-order valence-electron chi connectivity index (χ4n) is 1.04. The molecule has 0 bridgehead atoms. The molecule has 0 saturated heterocycles. The van der Waals surface area contributed by atoms with Crippen LogP contribution in [0.25, 0.3) is 0 Å². The summed E-state index contributed by atoms with van der Waals surface area (Å²) >= 11 is 1.76. The molecule has 0 aromatic rings. The summed E-state index contributed by atoms with van der Waals surface area (Å²) in [5, 5.41) is 11.8. The smallest absolute Gasteiger partial charge is 0.240 e. The van der Waals surface area contributed by atoms with Gasteiger partial charge in [-0.15, -0.1) is 0 Å². The molecule has 15 heavy (non-hydrogen) atoms. The van der Waals surface area contributed by atoms with Crippen LogP contribution in [0, 0.1) is 16.7 Å². The summed E-state index contributed by atoms with van der Waals surface area (Å²) < 4.78 is 0. The van der Waals surface area contributed by atoms with Gasteiger partial charge in [0.05, 0.1) is 6.07 Å². The number of hydrogen-bond acceptors (Lipinski definition) is 3. The highest BCUT2D eigenvalue weighted by atomic mass is 32.2. The predicted octanol–water partition coefficient (Wildman–Crippen LogP) is 2.18. The van der Waals surface area contributed by atoms with Crippen LogP contribution in [0.5, 0.6) is 0 Å². The van der Waals surface area contributed by atoms with Gasteiger partial charge in [-0.1, -0.05) is 6.92 Å². The second-order valence-electron chi connectivity index (χ2n) is 3.95. The molecular formula is C11H20N2OS. The molecule has 4 heteroatoms. The molecule has 2 unspecified atom stereocenters. The molecule has 0 spiro atoms. The van der Waals surface area contributed by atoms with Crippen LogP contribution >= 0.6 is 11.8 Å². The zero-order valence-electron chi connectivity index (χ0n) is 9.96. The fraction of sp³-hybridized carbons (Fsp3) is 0.818. The Labute approximate surface area is 96.6 Å². The van der Waals surface area contributed by atoms with Crippen LogP contribution in [0.1, 0.15) is 33.6 Å². The molecule has 0 fully saturated rings. The van der Waals surface area contributed by atoms with Gasteiger partial charge in [-0.05, 0) is 38.7 Å². The molecule has 0 aromatic carbocycles. The first-order valence-corrected chi connectivity index (χ1v) is 6.60. The monoisotopic (exact) mass is 228 g/mol. The van der Waals surface area contributed by atoms with Gasteiger partial charge >= 0.3 is 0 Å². The summed E-state index contributed by atoms with van der Waals surface area (Å²) in [6, 6.07) is 2.21. The topological polar surface area (TPSA) is 52.9 Å². The average molecular weight is 228 g/mol. The van der Waals surface area contributed by atoms with E-state index >= 15 is 0 Å². The van der Waals surface area contributed by atoms with Gasteiger partial charge in [0.15, 0.2) is 0 Å². The second kappa shape index (κ2) is 6.73. The van der Waals surface area contributed by atoms with Crippen LogP contribution in [0.3, 0.4) is 0 Å². The molecule has 0 heterocycles. The Kier molecular flexibility index (Phi) is 6.42. The van der Waals surface area contributed by atoms with Gasteiger partial charge in [0, 0.05) is 6.04 Å². The van der Waals surface area contributed by atoms with E-state index in [0.29, 0.717) is 6.42 Å². The summed E-state index contributed by atoms with van der Waals surface area (Å²) in [6.07, 6.45) is 3.53. The normalized spacial score (nSPS) is 16.2. The number of nitriles is 1. The van der Waals surface area contributed by atoms with E-state index in [2.05, 4.69) is 11.4 Å². The highest BCUT2D eigenvalue weighted by Crippen LogP contribution is 2.20. The standard InChI is InChI=1S/C11H20N2OS/c1-5-11(3,8-12)10(14)13-9(2)6-7-15-4/h9H,5-7H2,1-4H3,(H,13,14). The van der Waals surface area contributed by atoms with Crippen molar-refractivity contribution in [1.29, 1.82) is 5.26 Å². The third-order valence-corrected chi connectivity index (χ3v) is 3.23. The molecule has 3 nitrogen and oxygen atoms in total. The number of thioether (sulfide) groups is 1. The fourth-order valence-corrected chi connectivity index (χ4v) is 1.63. The first-order chi connectivity index (χ1) is 7.00. The minimum absolute atomic E-state index is 0.143. The number of carbonyl (C=O) groups excluding carboxylic acids is 1. The van der Waals surface area contributed by atoms with Gasteiger partial charge in [-0.25, -0.2) is 0 Å². The van der Waals surface area contributed by atoms with Gasteiger partial charge in [-0.3, -0.25) is 4.79 Å². The van der Waals surface area contributed by atoms with Crippen molar-refractivity contribution in [3.05, 3.63) is 0 Å². The van der Waals surface area contributed by atoms with Crippen molar-refractivity contribution in [2.45, 2.75) is 39.7 Å². The van der Waals surface area contributed by atoms with Gasteiger partial charge in [0.25, 0.3) is 0 Å². The van der Waals surface area contributed by atoms with Crippen LogP contribution in [0.2, 0.25) is 0 Å². The van der Waals surface area contributed by atoms with Crippen molar-refractivity contribution in [3.8, 4) is 6.07 Å². The molecule has 0 radical (unpaired) electrons. The van der Waals surface area contributed by atoms with Crippen LogP contribution in [-0.2, 0) is 4.79 Å². The predicted molar refractivity (Wildman–Crippen MR) is 64.6 cm³/mol. The van der Waals surface area contributed by atoms with Crippen LogP contribution in [0.15, 0.2) is 0 Å². The Morgan fingerprint density at radius 2 is 2.27 bits per heavy atom. The van der Waals surface area contributed by atoms with E-state index in [1.807, 2.05) is 20.1 Å². The summed E-state index contributed by atoms with van der Waals surface area (Å²) in [5.41, 5.74) is -0.881. The summed E-state index contributed by atoms with van der Waals surface area (Å²) in [5.74, 6) is 0.873. The molecule has 1 amide bonds. The Bertz CT molecular complexity index is 249. The maximum atomic E-state index is 11.8. The number of nitrogens with one attached hydrogen (secondary N) is 1. The van der Waals surface area contributed by atoms with Crippen molar-refractivity contribution in [1.82, 2.24) is 5.32 Å². The molecule has 0 aliphatic rings. The zero-order chi connectivity index (χ0) is 11.9. The van der Waals surface area contributed by atoms with Gasteiger partial charge in [-0.2, -0.15) is 17.0 Å². The molecule has 1 N–H and O–H groups in total. The van der Waals surface area contributed by atoms with Crippen LogP contribution in [-0.4, -0.2) is 24.0 Å². The summed E-state index contributed by atoms with van der Waals surface area (Å²) in [7, 11) is 0. The molecule has 0 aliphatic heterocycles. The number of carbonyl (C=O) groups is 1. The molecule has 2 atom stereocenters. The number of hydrogen-bond donors (Lipinski definition) is 1. The average Bonchev–Trinajstić information content (AvgIpc) is 2.24. The second-order valence-corrected chi connectivity index (χ2v) is 4.94. The summed E-state index contributed by atoms with van der Waals surface area (Å²) in [4.78, 5) is 11.8. The highest BCUT2D eigenvalue weighted by molar-refractivity contribution is 7.98. The summed E-state index contributed by atoms with van der Waals surface area (Å²) in [6.45, 7) is 5.51. The van der Waals surface area contributed by atoms with E-state index in [9.17, 15) is 4.79 Å². The number of amides is 1. The number of rotatable bonds is 6.